The average molecular weight is 392 g/mol. The van der Waals surface area contributed by atoms with Gasteiger partial charge in [0.05, 0.1) is 26.4 Å². The van der Waals surface area contributed by atoms with Gasteiger partial charge in [0, 0.05) is 26.1 Å². The molecule has 0 amide bonds. The Morgan fingerprint density at radius 1 is 0.778 bits per heavy atom. The Balaban J connectivity index is 4.02. The number of ether oxygens (including phenoxy) is 5. The highest BCUT2D eigenvalue weighted by Crippen LogP contribution is 2.02. The average Bonchev–Trinajstić information content (AvgIpc) is 2.64. The molecule has 0 fully saturated rings. The van der Waals surface area contributed by atoms with Crippen molar-refractivity contribution in [1.29, 1.82) is 0 Å². The summed E-state index contributed by atoms with van der Waals surface area (Å²) in [4.78, 5) is 22.1. The second kappa shape index (κ2) is 19.5. The van der Waals surface area contributed by atoms with Gasteiger partial charge < -0.3 is 28.8 Å². The number of carboxylic acids is 1. The molecule has 0 aromatic carbocycles. The van der Waals surface area contributed by atoms with Gasteiger partial charge in [0.2, 0.25) is 0 Å². The number of rotatable bonds is 20. The zero-order valence-corrected chi connectivity index (χ0v) is 16.8. The number of unbranched alkanes of at least 4 members (excludes halogenated alkanes) is 2. The minimum absolute atomic E-state index is 0.0458. The van der Waals surface area contributed by atoms with Crippen LogP contribution in [0.3, 0.4) is 0 Å². The molecule has 160 valence electrons. The molecular weight excluding hydrogens is 356 g/mol. The predicted molar refractivity (Wildman–Crippen MR) is 99.6 cm³/mol. The largest absolute Gasteiger partial charge is 0.481 e. The van der Waals surface area contributed by atoms with Crippen LogP contribution in [0.1, 0.15) is 58.8 Å². The van der Waals surface area contributed by atoms with Crippen molar-refractivity contribution in [3.8, 4) is 0 Å². The lowest BCUT2D eigenvalue weighted by molar-refractivity contribution is -0.190. The summed E-state index contributed by atoms with van der Waals surface area (Å²) in [5, 5.41) is 8.58. The molecule has 0 atom stereocenters. The summed E-state index contributed by atoms with van der Waals surface area (Å²) in [7, 11) is 0. The van der Waals surface area contributed by atoms with Crippen molar-refractivity contribution in [3.63, 3.8) is 0 Å². The molecule has 0 aliphatic heterocycles. The number of esters is 1. The Labute approximate surface area is 162 Å². The number of carboxylic acid groups (broad SMARTS) is 1. The van der Waals surface area contributed by atoms with Crippen LogP contribution >= 0.6 is 0 Å². The third-order valence-electron chi connectivity index (χ3n) is 3.50. The van der Waals surface area contributed by atoms with Gasteiger partial charge in [-0.15, -0.1) is 0 Å². The third kappa shape index (κ3) is 19.3. The van der Waals surface area contributed by atoms with Crippen LogP contribution < -0.4 is 0 Å². The van der Waals surface area contributed by atoms with Gasteiger partial charge in [0.1, 0.15) is 6.61 Å². The van der Waals surface area contributed by atoms with Gasteiger partial charge in [0.25, 0.3) is 0 Å². The molecule has 0 radical (unpaired) electrons. The molecule has 0 aliphatic rings. The van der Waals surface area contributed by atoms with Crippen molar-refractivity contribution in [3.05, 3.63) is 0 Å². The summed E-state index contributed by atoms with van der Waals surface area (Å²) >= 11 is 0. The van der Waals surface area contributed by atoms with E-state index >= 15 is 0 Å². The summed E-state index contributed by atoms with van der Waals surface area (Å²) in [6, 6.07) is 0. The van der Waals surface area contributed by atoms with Gasteiger partial charge in [-0.2, -0.15) is 0 Å². The molecule has 27 heavy (non-hydrogen) atoms. The molecule has 0 saturated heterocycles. The Hall–Kier alpha value is -1.22. The van der Waals surface area contributed by atoms with E-state index in [9.17, 15) is 9.59 Å². The quantitative estimate of drug-likeness (QED) is 0.192. The first-order valence-corrected chi connectivity index (χ1v) is 9.86. The highest BCUT2D eigenvalue weighted by Gasteiger charge is 2.13. The van der Waals surface area contributed by atoms with Crippen molar-refractivity contribution >= 4 is 11.9 Å². The molecule has 0 spiro atoms. The zero-order chi connectivity index (χ0) is 20.2. The van der Waals surface area contributed by atoms with Gasteiger partial charge in [-0.05, 0) is 19.3 Å². The van der Waals surface area contributed by atoms with Gasteiger partial charge in [-0.1, -0.05) is 26.7 Å². The molecule has 0 aromatic heterocycles. The Morgan fingerprint density at radius 3 is 1.81 bits per heavy atom. The number of aliphatic carboxylic acids is 1. The lowest BCUT2D eigenvalue weighted by Gasteiger charge is -2.19. The minimum Gasteiger partial charge on any atom is -0.481 e. The molecule has 0 unspecified atom stereocenters. The molecule has 0 rings (SSSR count). The number of hydrogen-bond donors (Lipinski definition) is 1. The summed E-state index contributed by atoms with van der Waals surface area (Å²) in [6.07, 6.45) is 3.70. The normalized spacial score (nSPS) is 11.1. The van der Waals surface area contributed by atoms with Crippen LogP contribution in [-0.4, -0.2) is 69.6 Å². The highest BCUT2D eigenvalue weighted by atomic mass is 16.7. The van der Waals surface area contributed by atoms with Crippen molar-refractivity contribution in [2.45, 2.75) is 65.1 Å². The summed E-state index contributed by atoms with van der Waals surface area (Å²) in [5.74, 6) is -1.40. The van der Waals surface area contributed by atoms with Crippen LogP contribution in [0.2, 0.25) is 0 Å². The fourth-order valence-electron chi connectivity index (χ4n) is 1.94. The van der Waals surface area contributed by atoms with E-state index in [1.54, 1.807) is 0 Å². The van der Waals surface area contributed by atoms with Crippen molar-refractivity contribution in [2.75, 3.05) is 46.2 Å². The monoisotopic (exact) mass is 392 g/mol. The minimum atomic E-state index is -0.932. The highest BCUT2D eigenvalue weighted by molar-refractivity contribution is 5.71. The van der Waals surface area contributed by atoms with Crippen LogP contribution in [0.4, 0.5) is 0 Å². The van der Waals surface area contributed by atoms with Crippen molar-refractivity contribution in [1.82, 2.24) is 0 Å². The molecule has 0 heterocycles. The van der Waals surface area contributed by atoms with E-state index in [1.165, 1.54) is 0 Å². The zero-order valence-electron chi connectivity index (χ0n) is 16.8. The predicted octanol–water partition coefficient (Wildman–Crippen LogP) is 2.78. The van der Waals surface area contributed by atoms with Crippen LogP contribution in [0.25, 0.3) is 0 Å². The Kier molecular flexibility index (Phi) is 18.7. The second-order valence-electron chi connectivity index (χ2n) is 6.03. The van der Waals surface area contributed by atoms with E-state index in [2.05, 4.69) is 13.8 Å². The number of carbonyl (C=O) groups is 2. The molecule has 1 N–H and O–H groups in total. The molecule has 0 aromatic rings. The summed E-state index contributed by atoms with van der Waals surface area (Å²) in [6.45, 7) is 7.08. The molecule has 8 heteroatoms. The maximum absolute atomic E-state index is 11.6. The topological polar surface area (TPSA) is 101 Å². The molecule has 8 nitrogen and oxygen atoms in total. The smallest absolute Gasteiger partial charge is 0.305 e. The van der Waals surface area contributed by atoms with E-state index < -0.39 is 18.2 Å². The van der Waals surface area contributed by atoms with Crippen LogP contribution in [-0.2, 0) is 33.3 Å². The lowest BCUT2D eigenvalue weighted by Crippen LogP contribution is -2.28. The second-order valence-corrected chi connectivity index (χ2v) is 6.03. The number of hydrogen-bond acceptors (Lipinski definition) is 7. The van der Waals surface area contributed by atoms with E-state index in [4.69, 9.17) is 28.8 Å². The fraction of sp³-hybridized carbons (Fsp3) is 0.895. The Morgan fingerprint density at radius 2 is 1.33 bits per heavy atom. The van der Waals surface area contributed by atoms with Crippen molar-refractivity contribution < 1.29 is 38.4 Å². The fourth-order valence-corrected chi connectivity index (χ4v) is 1.94. The van der Waals surface area contributed by atoms with Crippen LogP contribution in [0.5, 0.6) is 0 Å². The maximum atomic E-state index is 11.6. The summed E-state index contributed by atoms with van der Waals surface area (Å²) in [5.41, 5.74) is 0. The van der Waals surface area contributed by atoms with Gasteiger partial charge in [0.15, 0.2) is 6.29 Å². The van der Waals surface area contributed by atoms with Crippen molar-refractivity contribution in [2.24, 2.45) is 0 Å². The number of carbonyl (C=O) groups excluding carboxylic acids is 1. The van der Waals surface area contributed by atoms with Gasteiger partial charge in [-0.3, -0.25) is 9.59 Å². The summed E-state index contributed by atoms with van der Waals surface area (Å²) < 4.78 is 27.1. The van der Waals surface area contributed by atoms with E-state index in [1.807, 2.05) is 0 Å². The molecule has 0 saturated carbocycles. The van der Waals surface area contributed by atoms with Gasteiger partial charge in [-0.25, -0.2) is 0 Å². The van der Waals surface area contributed by atoms with E-state index in [0.29, 0.717) is 39.6 Å². The SMILES string of the molecule is CCCCOCCOC(COC(=O)CCCC(=O)O)OCCOCCCC. The molecule has 0 aliphatic carbocycles. The first-order valence-electron chi connectivity index (χ1n) is 9.86. The standard InChI is InChI=1S/C19H36O8/c1-3-5-10-23-12-14-25-19(26-15-13-24-11-6-4-2)16-27-18(22)9-7-8-17(20)21/h19H,3-16H2,1-2H3,(H,20,21). The molecular formula is C19H36O8. The maximum Gasteiger partial charge on any atom is 0.305 e. The first-order chi connectivity index (χ1) is 13.1. The molecule has 0 bridgehead atoms. The third-order valence-corrected chi connectivity index (χ3v) is 3.50. The Bertz CT molecular complexity index is 346. The van der Waals surface area contributed by atoms with Crippen LogP contribution in [0, 0.1) is 0 Å². The van der Waals surface area contributed by atoms with E-state index in [-0.39, 0.29) is 25.9 Å². The van der Waals surface area contributed by atoms with E-state index in [0.717, 1.165) is 25.7 Å². The van der Waals surface area contributed by atoms with Gasteiger partial charge >= 0.3 is 11.9 Å². The first kappa shape index (κ1) is 25.8. The lowest BCUT2D eigenvalue weighted by atomic mass is 10.2. The van der Waals surface area contributed by atoms with Crippen LogP contribution in [0.15, 0.2) is 0 Å².